The molecule has 3 atom stereocenters. The Bertz CT molecular complexity index is 1330. The number of esters is 1. The van der Waals surface area contributed by atoms with E-state index in [1.165, 1.54) is 0 Å². The predicted octanol–water partition coefficient (Wildman–Crippen LogP) is 4.82. The molecule has 226 valence electrons. The molecule has 43 heavy (non-hydrogen) atoms. The first-order chi connectivity index (χ1) is 21.0. The number of allylic oxidation sites excluding steroid dienone is 2. The summed E-state index contributed by atoms with van der Waals surface area (Å²) < 4.78 is 11.3. The lowest BCUT2D eigenvalue weighted by atomic mass is 9.97. The van der Waals surface area contributed by atoms with Gasteiger partial charge in [-0.3, -0.25) is 14.4 Å². The highest BCUT2D eigenvalue weighted by Gasteiger charge is 2.26. The Balaban J connectivity index is 1.35. The first-order valence-electron chi connectivity index (χ1n) is 14.8. The second kappa shape index (κ2) is 16.9. The molecule has 0 aromatic heterocycles. The second-order valence-corrected chi connectivity index (χ2v) is 10.7. The quantitative estimate of drug-likeness (QED) is 0.233. The highest BCUT2D eigenvalue weighted by molar-refractivity contribution is 5.86. The van der Waals surface area contributed by atoms with E-state index in [4.69, 9.17) is 9.47 Å². The number of carbonyl (C=O) groups is 3. The molecule has 1 heterocycles. The van der Waals surface area contributed by atoms with Crippen LogP contribution in [0.1, 0.15) is 54.8 Å². The molecule has 0 saturated carbocycles. The summed E-state index contributed by atoms with van der Waals surface area (Å²) in [6, 6.07) is 25.8. The van der Waals surface area contributed by atoms with Crippen LogP contribution in [0.2, 0.25) is 0 Å². The second-order valence-electron chi connectivity index (χ2n) is 10.7. The van der Waals surface area contributed by atoms with Gasteiger partial charge in [0.25, 0.3) is 0 Å². The molecule has 0 bridgehead atoms. The first kappa shape index (κ1) is 31.5. The molecule has 0 aliphatic carbocycles. The summed E-state index contributed by atoms with van der Waals surface area (Å²) in [5.41, 5.74) is 2.83. The average Bonchev–Trinajstić information content (AvgIpc) is 3.05. The zero-order valence-electron chi connectivity index (χ0n) is 24.3. The third kappa shape index (κ3) is 10.7. The largest absolute Gasteiger partial charge is 0.489 e. The lowest BCUT2D eigenvalue weighted by Crippen LogP contribution is -2.42. The molecule has 3 N–H and O–H groups in total. The Kier molecular flexibility index (Phi) is 12.4. The normalized spacial score (nSPS) is 18.6. The van der Waals surface area contributed by atoms with Crippen LogP contribution in [0.5, 0.6) is 5.75 Å². The smallest absolute Gasteiger partial charge is 0.305 e. The standard InChI is InChI=1S/C35H40N2O6/c38-23-30(21-26-17-19-31(20-18-26)42-24-27-11-5-3-6-12-27)36-33(39)22-29-15-7-1-2-10-16-34(40)43-25-32(37-35(29)41)28-13-8-4-9-14-28/h1,3-9,11-14,17-20,29-30,32,38H,2,10,15-16,21-25H2,(H,36,39)(H,37,41). The molecule has 0 spiro atoms. The summed E-state index contributed by atoms with van der Waals surface area (Å²) in [4.78, 5) is 38.7. The molecule has 3 unspecified atom stereocenters. The van der Waals surface area contributed by atoms with E-state index in [1.54, 1.807) is 0 Å². The molecule has 3 aromatic carbocycles. The van der Waals surface area contributed by atoms with Crippen molar-refractivity contribution in [2.24, 2.45) is 5.92 Å². The van der Waals surface area contributed by atoms with E-state index in [2.05, 4.69) is 10.6 Å². The van der Waals surface area contributed by atoms with Crippen LogP contribution in [0, 0.1) is 5.92 Å². The van der Waals surface area contributed by atoms with Crippen LogP contribution in [-0.2, 0) is 32.1 Å². The van der Waals surface area contributed by atoms with Crippen LogP contribution in [0.3, 0.4) is 0 Å². The molecule has 0 radical (unpaired) electrons. The minimum atomic E-state index is -0.626. The number of rotatable bonds is 10. The van der Waals surface area contributed by atoms with Gasteiger partial charge in [0.2, 0.25) is 11.8 Å². The number of benzene rings is 3. The van der Waals surface area contributed by atoms with Crippen LogP contribution in [-0.4, -0.2) is 42.1 Å². The highest BCUT2D eigenvalue weighted by Crippen LogP contribution is 2.19. The van der Waals surface area contributed by atoms with Gasteiger partial charge in [0, 0.05) is 12.8 Å². The van der Waals surface area contributed by atoms with Crippen molar-refractivity contribution >= 4 is 17.8 Å². The van der Waals surface area contributed by atoms with Gasteiger partial charge < -0.3 is 25.2 Å². The Labute approximate surface area is 253 Å². The highest BCUT2D eigenvalue weighted by atomic mass is 16.5. The van der Waals surface area contributed by atoms with E-state index in [-0.39, 0.29) is 37.4 Å². The van der Waals surface area contributed by atoms with E-state index in [9.17, 15) is 19.5 Å². The van der Waals surface area contributed by atoms with Gasteiger partial charge in [0.1, 0.15) is 19.0 Å². The van der Waals surface area contributed by atoms with Crippen molar-refractivity contribution in [3.63, 3.8) is 0 Å². The fourth-order valence-electron chi connectivity index (χ4n) is 4.89. The fourth-order valence-corrected chi connectivity index (χ4v) is 4.89. The number of ether oxygens (including phenoxy) is 2. The average molecular weight is 585 g/mol. The lowest BCUT2D eigenvalue weighted by Gasteiger charge is -2.23. The monoisotopic (exact) mass is 584 g/mol. The lowest BCUT2D eigenvalue weighted by molar-refractivity contribution is -0.145. The van der Waals surface area contributed by atoms with Crippen molar-refractivity contribution in [2.45, 2.75) is 57.2 Å². The number of nitrogens with one attached hydrogen (secondary N) is 2. The first-order valence-corrected chi connectivity index (χ1v) is 14.8. The number of hydrogen-bond donors (Lipinski definition) is 3. The number of carbonyl (C=O) groups excluding carboxylic acids is 3. The van der Waals surface area contributed by atoms with Gasteiger partial charge in [-0.1, -0.05) is 84.9 Å². The maximum absolute atomic E-state index is 13.4. The van der Waals surface area contributed by atoms with Crippen LogP contribution < -0.4 is 15.4 Å². The Morgan fingerprint density at radius 3 is 2.40 bits per heavy atom. The number of aliphatic hydroxyl groups excluding tert-OH is 1. The SMILES string of the molecule is O=C(CC1CC=CCCCC(=O)OCC(c2ccccc2)NC1=O)NC(CO)Cc1ccc(OCc2ccccc2)cc1. The summed E-state index contributed by atoms with van der Waals surface area (Å²) >= 11 is 0. The molecule has 0 saturated heterocycles. The number of amides is 2. The minimum absolute atomic E-state index is 0.0175. The van der Waals surface area contributed by atoms with Crippen molar-refractivity contribution in [1.29, 1.82) is 0 Å². The van der Waals surface area contributed by atoms with E-state index in [1.807, 2.05) is 97.1 Å². The summed E-state index contributed by atoms with van der Waals surface area (Å²) in [6.45, 7) is 0.247. The summed E-state index contributed by atoms with van der Waals surface area (Å²) in [5.74, 6) is -0.807. The Morgan fingerprint density at radius 2 is 1.67 bits per heavy atom. The van der Waals surface area contributed by atoms with Gasteiger partial charge in [-0.2, -0.15) is 0 Å². The molecular formula is C35H40N2O6. The van der Waals surface area contributed by atoms with Crippen LogP contribution in [0.25, 0.3) is 0 Å². The zero-order valence-corrected chi connectivity index (χ0v) is 24.3. The van der Waals surface area contributed by atoms with Gasteiger partial charge >= 0.3 is 5.97 Å². The zero-order chi connectivity index (χ0) is 30.3. The van der Waals surface area contributed by atoms with Crippen molar-refractivity contribution in [1.82, 2.24) is 10.6 Å². The van der Waals surface area contributed by atoms with Gasteiger partial charge in [0.05, 0.1) is 24.6 Å². The van der Waals surface area contributed by atoms with Crippen molar-refractivity contribution in [3.8, 4) is 5.75 Å². The van der Waals surface area contributed by atoms with Gasteiger partial charge in [0.15, 0.2) is 0 Å². The number of aliphatic hydroxyl groups is 1. The molecule has 1 aliphatic rings. The van der Waals surface area contributed by atoms with Crippen LogP contribution >= 0.6 is 0 Å². The molecule has 2 amide bonds. The predicted molar refractivity (Wildman–Crippen MR) is 164 cm³/mol. The maximum atomic E-state index is 13.4. The van der Waals surface area contributed by atoms with Crippen LogP contribution in [0.4, 0.5) is 0 Å². The van der Waals surface area contributed by atoms with Crippen LogP contribution in [0.15, 0.2) is 97.1 Å². The van der Waals surface area contributed by atoms with Crippen molar-refractivity contribution < 1.29 is 29.0 Å². The summed E-state index contributed by atoms with van der Waals surface area (Å²) in [6.07, 6.45) is 6.22. The van der Waals surface area contributed by atoms with Gasteiger partial charge in [-0.15, -0.1) is 0 Å². The Morgan fingerprint density at radius 1 is 0.953 bits per heavy atom. The summed E-state index contributed by atoms with van der Waals surface area (Å²) in [7, 11) is 0. The van der Waals surface area contributed by atoms with Gasteiger partial charge in [-0.05, 0) is 54.5 Å². The van der Waals surface area contributed by atoms with E-state index < -0.39 is 18.0 Å². The molecule has 1 aliphatic heterocycles. The van der Waals surface area contributed by atoms with E-state index >= 15 is 0 Å². The van der Waals surface area contributed by atoms with Gasteiger partial charge in [-0.25, -0.2) is 0 Å². The topological polar surface area (TPSA) is 114 Å². The van der Waals surface area contributed by atoms with E-state index in [0.29, 0.717) is 38.7 Å². The molecule has 8 heteroatoms. The minimum Gasteiger partial charge on any atom is -0.489 e. The van der Waals surface area contributed by atoms with Crippen molar-refractivity contribution in [3.05, 3.63) is 114 Å². The maximum Gasteiger partial charge on any atom is 0.305 e. The molecule has 0 fully saturated rings. The molecule has 8 nitrogen and oxygen atoms in total. The number of cyclic esters (lactones) is 1. The fraction of sp³-hybridized carbons (Fsp3) is 0.343. The third-order valence-corrected chi connectivity index (χ3v) is 7.31. The summed E-state index contributed by atoms with van der Waals surface area (Å²) in [5, 5.41) is 15.9. The Hall–Kier alpha value is -4.43. The molecule has 3 aromatic rings. The molecular weight excluding hydrogens is 544 g/mol. The third-order valence-electron chi connectivity index (χ3n) is 7.31. The molecule has 4 rings (SSSR count). The number of hydrogen-bond acceptors (Lipinski definition) is 6. The van der Waals surface area contributed by atoms with E-state index in [0.717, 1.165) is 22.4 Å². The van der Waals surface area contributed by atoms with Crippen molar-refractivity contribution in [2.75, 3.05) is 13.2 Å².